The lowest BCUT2D eigenvalue weighted by Crippen LogP contribution is -2.40. The number of nitrogens with zero attached hydrogens (tertiary/aromatic N) is 2. The fraction of sp³-hybridized carbons (Fsp3) is 0.875. The van der Waals surface area contributed by atoms with Crippen molar-refractivity contribution in [1.29, 1.82) is 0 Å². The largest absolute Gasteiger partial charge is 0.376 e. The van der Waals surface area contributed by atoms with Crippen LogP contribution in [-0.4, -0.2) is 22.9 Å². The number of unbranched alkanes of at least 4 members (excludes halogenated alkanes) is 5. The number of aromatic nitrogens is 2. The molecule has 2 N–H and O–H groups in total. The van der Waals surface area contributed by atoms with Gasteiger partial charge in [0.25, 0.3) is 0 Å². The molecule has 0 fully saturated rings. The van der Waals surface area contributed by atoms with E-state index < -0.39 is 5.54 Å². The highest BCUT2D eigenvalue weighted by molar-refractivity contribution is 5.01. The number of rotatable bonds is 11. The van der Waals surface area contributed by atoms with Gasteiger partial charge in [0.05, 0.1) is 12.7 Å². The van der Waals surface area contributed by atoms with Gasteiger partial charge in [0.1, 0.15) is 5.54 Å². The third-order valence-corrected chi connectivity index (χ3v) is 3.44. The summed E-state index contributed by atoms with van der Waals surface area (Å²) >= 11 is 0. The van der Waals surface area contributed by atoms with E-state index in [-0.39, 0.29) is 6.10 Å². The zero-order valence-corrected chi connectivity index (χ0v) is 14.0. The van der Waals surface area contributed by atoms with Gasteiger partial charge in [-0.15, -0.1) is 0 Å². The van der Waals surface area contributed by atoms with Crippen LogP contribution in [0.4, 0.5) is 0 Å². The van der Waals surface area contributed by atoms with Crippen molar-refractivity contribution < 1.29 is 9.26 Å². The number of ether oxygens (including phenoxy) is 1. The molecule has 0 spiro atoms. The third kappa shape index (κ3) is 7.05. The lowest BCUT2D eigenvalue weighted by atomic mass is 10.1. The van der Waals surface area contributed by atoms with E-state index >= 15 is 0 Å². The molecule has 0 bridgehead atoms. The summed E-state index contributed by atoms with van der Waals surface area (Å²) in [5.74, 6) is 1.21. The van der Waals surface area contributed by atoms with Gasteiger partial charge in [-0.05, 0) is 27.2 Å². The first-order valence-corrected chi connectivity index (χ1v) is 8.19. The van der Waals surface area contributed by atoms with Crippen LogP contribution in [0.25, 0.3) is 0 Å². The maximum absolute atomic E-state index is 6.20. The molecule has 0 radical (unpaired) electrons. The second kappa shape index (κ2) is 9.15. The summed E-state index contributed by atoms with van der Waals surface area (Å²) in [5, 5.41) is 4.00. The molecule has 1 aromatic rings. The summed E-state index contributed by atoms with van der Waals surface area (Å²) in [6.07, 6.45) is 8.49. The number of hydrogen-bond donors (Lipinski definition) is 1. The molecule has 0 amide bonds. The van der Waals surface area contributed by atoms with E-state index in [2.05, 4.69) is 17.1 Å². The standard InChI is InChI=1S/C16H31N3O2/c1-5-6-7-8-9-10-11-14-18-15(19-21-14)16(4,17)12-20-13(2)3/h13H,5-12,17H2,1-4H3. The van der Waals surface area contributed by atoms with Gasteiger partial charge in [0.15, 0.2) is 5.82 Å². The normalized spacial score (nSPS) is 14.6. The predicted octanol–water partition coefficient (Wildman–Crippen LogP) is 3.57. The topological polar surface area (TPSA) is 74.2 Å². The Labute approximate surface area is 128 Å². The lowest BCUT2D eigenvalue weighted by Gasteiger charge is -2.21. The first-order chi connectivity index (χ1) is 9.95. The molecular weight excluding hydrogens is 266 g/mol. The van der Waals surface area contributed by atoms with E-state index in [1.54, 1.807) is 0 Å². The van der Waals surface area contributed by atoms with Crippen LogP contribution in [0.3, 0.4) is 0 Å². The third-order valence-electron chi connectivity index (χ3n) is 3.44. The Morgan fingerprint density at radius 1 is 1.19 bits per heavy atom. The van der Waals surface area contributed by atoms with Gasteiger partial charge in [-0.25, -0.2) is 0 Å². The highest BCUT2D eigenvalue weighted by Gasteiger charge is 2.28. The average molecular weight is 297 g/mol. The number of nitrogens with two attached hydrogens (primary N) is 1. The van der Waals surface area contributed by atoms with Crippen LogP contribution >= 0.6 is 0 Å². The van der Waals surface area contributed by atoms with Crippen LogP contribution < -0.4 is 5.73 Å². The number of hydrogen-bond acceptors (Lipinski definition) is 5. The lowest BCUT2D eigenvalue weighted by molar-refractivity contribution is 0.0410. The Balaban J connectivity index is 2.34. The highest BCUT2D eigenvalue weighted by atomic mass is 16.5. The molecule has 0 aliphatic rings. The van der Waals surface area contributed by atoms with Crippen molar-refractivity contribution in [3.8, 4) is 0 Å². The SMILES string of the molecule is CCCCCCCCc1nc(C(C)(N)COC(C)C)no1. The van der Waals surface area contributed by atoms with Crippen molar-refractivity contribution in [2.75, 3.05) is 6.61 Å². The zero-order valence-electron chi connectivity index (χ0n) is 14.0. The molecule has 122 valence electrons. The molecule has 0 saturated heterocycles. The van der Waals surface area contributed by atoms with Crippen molar-refractivity contribution in [1.82, 2.24) is 10.1 Å². The van der Waals surface area contributed by atoms with Gasteiger partial charge >= 0.3 is 0 Å². The first-order valence-electron chi connectivity index (χ1n) is 8.19. The second-order valence-corrected chi connectivity index (χ2v) is 6.31. The first kappa shape index (κ1) is 18.1. The van der Waals surface area contributed by atoms with Crippen LogP contribution in [0.2, 0.25) is 0 Å². The summed E-state index contributed by atoms with van der Waals surface area (Å²) in [5.41, 5.74) is 5.50. The molecule has 0 aromatic carbocycles. The van der Waals surface area contributed by atoms with Crippen LogP contribution in [0.1, 0.15) is 77.9 Å². The van der Waals surface area contributed by atoms with Crippen molar-refractivity contribution >= 4 is 0 Å². The zero-order chi connectivity index (χ0) is 15.7. The highest BCUT2D eigenvalue weighted by Crippen LogP contribution is 2.17. The van der Waals surface area contributed by atoms with Gasteiger partial charge < -0.3 is 15.0 Å². The van der Waals surface area contributed by atoms with Gasteiger partial charge in [-0.2, -0.15) is 4.98 Å². The Hall–Kier alpha value is -0.940. The average Bonchev–Trinajstić information content (AvgIpc) is 2.90. The minimum absolute atomic E-state index is 0.141. The van der Waals surface area contributed by atoms with Crippen molar-refractivity contribution in [3.05, 3.63) is 11.7 Å². The molecule has 1 rings (SSSR count). The van der Waals surface area contributed by atoms with Gasteiger partial charge in [-0.1, -0.05) is 44.2 Å². The van der Waals surface area contributed by atoms with Crippen molar-refractivity contribution in [2.45, 2.75) is 84.3 Å². The molecular formula is C16H31N3O2. The molecule has 21 heavy (non-hydrogen) atoms. The van der Waals surface area contributed by atoms with E-state index in [4.69, 9.17) is 15.0 Å². The van der Waals surface area contributed by atoms with E-state index in [9.17, 15) is 0 Å². The Morgan fingerprint density at radius 3 is 2.52 bits per heavy atom. The van der Waals surface area contributed by atoms with Gasteiger partial charge in [0.2, 0.25) is 5.89 Å². The maximum Gasteiger partial charge on any atom is 0.226 e. The van der Waals surface area contributed by atoms with Gasteiger partial charge in [-0.3, -0.25) is 0 Å². The van der Waals surface area contributed by atoms with Crippen LogP contribution in [0.5, 0.6) is 0 Å². The van der Waals surface area contributed by atoms with Crippen LogP contribution in [0.15, 0.2) is 4.52 Å². The molecule has 0 aliphatic heterocycles. The van der Waals surface area contributed by atoms with E-state index in [1.165, 1.54) is 32.1 Å². The summed E-state index contributed by atoms with van der Waals surface area (Å²) in [6.45, 7) is 8.45. The predicted molar refractivity (Wildman–Crippen MR) is 84.0 cm³/mol. The number of aryl methyl sites for hydroxylation is 1. The van der Waals surface area contributed by atoms with Crippen molar-refractivity contribution in [3.63, 3.8) is 0 Å². The van der Waals surface area contributed by atoms with Gasteiger partial charge in [0, 0.05) is 6.42 Å². The monoisotopic (exact) mass is 297 g/mol. The summed E-state index contributed by atoms with van der Waals surface area (Å²) < 4.78 is 10.8. The molecule has 5 heteroatoms. The molecule has 0 aliphatic carbocycles. The molecule has 5 nitrogen and oxygen atoms in total. The van der Waals surface area contributed by atoms with E-state index in [0.717, 1.165) is 12.8 Å². The Morgan fingerprint density at radius 2 is 1.86 bits per heavy atom. The van der Waals surface area contributed by atoms with Crippen molar-refractivity contribution in [2.24, 2.45) is 5.73 Å². The summed E-state index contributed by atoms with van der Waals surface area (Å²) in [6, 6.07) is 0. The minimum atomic E-state index is -0.701. The molecule has 1 heterocycles. The molecule has 0 saturated carbocycles. The Kier molecular flexibility index (Phi) is 7.89. The van der Waals surface area contributed by atoms with Crippen LogP contribution in [0, 0.1) is 0 Å². The van der Waals surface area contributed by atoms with E-state index in [0.29, 0.717) is 18.3 Å². The minimum Gasteiger partial charge on any atom is -0.376 e. The maximum atomic E-state index is 6.20. The quantitative estimate of drug-likeness (QED) is 0.632. The fourth-order valence-electron chi connectivity index (χ4n) is 2.05. The van der Waals surface area contributed by atoms with E-state index in [1.807, 2.05) is 20.8 Å². The fourth-order valence-corrected chi connectivity index (χ4v) is 2.05. The summed E-state index contributed by atoms with van der Waals surface area (Å²) in [4.78, 5) is 4.41. The molecule has 1 aromatic heterocycles. The molecule has 1 unspecified atom stereocenters. The smallest absolute Gasteiger partial charge is 0.226 e. The summed E-state index contributed by atoms with van der Waals surface area (Å²) in [7, 11) is 0. The van der Waals surface area contributed by atoms with Crippen LogP contribution in [-0.2, 0) is 16.7 Å². The Bertz CT molecular complexity index is 389. The second-order valence-electron chi connectivity index (χ2n) is 6.31. The molecule has 1 atom stereocenters.